The summed E-state index contributed by atoms with van der Waals surface area (Å²) in [6, 6.07) is 29.4. The maximum Gasteiger partial charge on any atom is 0.311 e. The maximum atomic E-state index is 11.8. The lowest BCUT2D eigenvalue weighted by atomic mass is 9.91. The predicted octanol–water partition coefficient (Wildman–Crippen LogP) is 10.7. The average molecular weight is 906 g/mol. The second-order valence-electron chi connectivity index (χ2n) is 17.1. The smallest absolute Gasteiger partial charge is 0.311 e. The van der Waals surface area contributed by atoms with Gasteiger partial charge >= 0.3 is 29.8 Å². The van der Waals surface area contributed by atoms with Crippen molar-refractivity contribution in [2.45, 2.75) is 134 Å². The van der Waals surface area contributed by atoms with Crippen molar-refractivity contribution in [1.82, 2.24) is 0 Å². The molecule has 2 amide bonds. The molecule has 1 saturated heterocycles. The van der Waals surface area contributed by atoms with Crippen LogP contribution in [-0.4, -0.2) is 65.1 Å². The third kappa shape index (κ3) is 23.1. The zero-order chi connectivity index (χ0) is 49.8. The van der Waals surface area contributed by atoms with Crippen molar-refractivity contribution < 1.29 is 58.0 Å². The third-order valence-electron chi connectivity index (χ3n) is 11.2. The van der Waals surface area contributed by atoms with E-state index in [4.69, 9.17) is 19.7 Å². The Morgan fingerprint density at radius 1 is 0.631 bits per heavy atom. The standard InChI is InChI=1S/C13H18O2.C12H13NO2.C11H18O6.C10H14.C6H12O2/c1-4-13(2,3)12(14)15-10-11-8-6-5-7-9-11;1-8-9(2)12(15)13(11(8)14)10-6-4-3-5-7-10;1-3-8(2)11(15)17-7-6-16-10(14)5-4-9(12)13;1-3-9(2)10-7-5-4-6-8-10;1-4-6(2,3)5(7)8/h5-9H,4,10H2,1-3H3;3-9H,1-2H3;8H,3-7H2,1-2H3,(H,12,13);4-9H,3H2,1-2H3;4H2,1-3H3,(H,7,8). The van der Waals surface area contributed by atoms with Crippen molar-refractivity contribution in [3.05, 3.63) is 102 Å². The zero-order valence-electron chi connectivity index (χ0n) is 40.8. The van der Waals surface area contributed by atoms with E-state index in [0.717, 1.165) is 12.0 Å². The van der Waals surface area contributed by atoms with Gasteiger partial charge in [-0.15, -0.1) is 0 Å². The normalized spacial score (nSPS) is 15.0. The van der Waals surface area contributed by atoms with E-state index in [1.54, 1.807) is 46.8 Å². The SMILES string of the molecule is CC1C(=O)N(c2ccccc2)C(=O)C1C.CCC(C)(C)C(=O)O.CCC(C)(C)C(=O)OCc1ccccc1.CCC(C)C(=O)OCCOC(=O)CCC(=O)O.CCC(C)c1ccccc1. The van der Waals surface area contributed by atoms with Crippen LogP contribution in [-0.2, 0) is 54.4 Å². The number of ether oxygens (including phenoxy) is 3. The number of para-hydroxylation sites is 1. The Morgan fingerprint density at radius 2 is 1.09 bits per heavy atom. The molecule has 65 heavy (non-hydrogen) atoms. The van der Waals surface area contributed by atoms with E-state index in [9.17, 15) is 33.6 Å². The molecule has 1 aliphatic heterocycles. The molecular weight excluding hydrogens is 831 g/mol. The molecule has 4 atom stereocenters. The Kier molecular flexibility index (Phi) is 28.3. The first-order chi connectivity index (χ1) is 30.5. The number of hydrogen-bond donors (Lipinski definition) is 2. The van der Waals surface area contributed by atoms with Crippen LogP contribution in [0.3, 0.4) is 0 Å². The van der Waals surface area contributed by atoms with E-state index in [0.29, 0.717) is 31.1 Å². The molecule has 360 valence electrons. The van der Waals surface area contributed by atoms with Crippen LogP contribution < -0.4 is 4.90 Å². The molecule has 1 fully saturated rings. The monoisotopic (exact) mass is 906 g/mol. The van der Waals surface area contributed by atoms with E-state index >= 15 is 0 Å². The van der Waals surface area contributed by atoms with Crippen LogP contribution in [0.5, 0.6) is 0 Å². The number of aliphatic carboxylic acids is 2. The van der Waals surface area contributed by atoms with Gasteiger partial charge in [-0.1, -0.05) is 134 Å². The molecule has 0 aromatic heterocycles. The van der Waals surface area contributed by atoms with Gasteiger partial charge in [0.15, 0.2) is 0 Å². The summed E-state index contributed by atoms with van der Waals surface area (Å²) < 4.78 is 14.8. The van der Waals surface area contributed by atoms with Gasteiger partial charge in [0.25, 0.3) is 0 Å². The van der Waals surface area contributed by atoms with E-state index in [1.807, 2.05) is 83.1 Å². The van der Waals surface area contributed by atoms with Crippen molar-refractivity contribution in [2.24, 2.45) is 28.6 Å². The van der Waals surface area contributed by atoms with Crippen LogP contribution in [0, 0.1) is 28.6 Å². The maximum absolute atomic E-state index is 11.8. The van der Waals surface area contributed by atoms with Crippen LogP contribution in [0.25, 0.3) is 0 Å². The second kappa shape index (κ2) is 31.1. The minimum Gasteiger partial charge on any atom is -0.481 e. The molecule has 3 aromatic rings. The molecule has 13 nitrogen and oxygen atoms in total. The van der Waals surface area contributed by atoms with Gasteiger partial charge in [-0.05, 0) is 82.6 Å². The number of esters is 3. The van der Waals surface area contributed by atoms with E-state index in [-0.39, 0.29) is 73.0 Å². The van der Waals surface area contributed by atoms with Gasteiger partial charge in [0, 0.05) is 11.8 Å². The zero-order valence-corrected chi connectivity index (χ0v) is 40.8. The van der Waals surface area contributed by atoms with E-state index in [1.165, 1.54) is 16.9 Å². The Hall–Kier alpha value is -5.85. The highest BCUT2D eigenvalue weighted by atomic mass is 16.6. The van der Waals surface area contributed by atoms with E-state index < -0.39 is 23.3 Å². The molecule has 1 aliphatic rings. The number of rotatable bonds is 17. The minimum absolute atomic E-state index is 0.00197. The summed E-state index contributed by atoms with van der Waals surface area (Å²) in [4.78, 5) is 79.2. The third-order valence-corrected chi connectivity index (χ3v) is 11.2. The van der Waals surface area contributed by atoms with Gasteiger partial charge in [0.2, 0.25) is 11.8 Å². The lowest BCUT2D eigenvalue weighted by molar-refractivity contribution is -0.155. The first-order valence-electron chi connectivity index (χ1n) is 22.5. The average Bonchev–Trinajstić information content (AvgIpc) is 3.50. The molecule has 13 heteroatoms. The van der Waals surface area contributed by atoms with Crippen LogP contribution >= 0.6 is 0 Å². The van der Waals surface area contributed by atoms with Crippen molar-refractivity contribution in [2.75, 3.05) is 18.1 Å². The number of carboxylic acid groups (broad SMARTS) is 2. The highest BCUT2D eigenvalue weighted by molar-refractivity contribution is 6.21. The molecule has 2 N–H and O–H groups in total. The lowest BCUT2D eigenvalue weighted by Gasteiger charge is -2.20. The number of anilines is 1. The van der Waals surface area contributed by atoms with Gasteiger partial charge in [-0.3, -0.25) is 38.5 Å². The lowest BCUT2D eigenvalue weighted by Crippen LogP contribution is -2.30. The molecular formula is C52H75NO12. The number of nitrogens with zero attached hydrogens (tertiary/aromatic N) is 1. The van der Waals surface area contributed by atoms with Crippen LogP contribution in [0.1, 0.15) is 139 Å². The summed E-state index contributed by atoms with van der Waals surface area (Å²) >= 11 is 0. The Morgan fingerprint density at radius 3 is 1.51 bits per heavy atom. The van der Waals surface area contributed by atoms with Crippen LogP contribution in [0.2, 0.25) is 0 Å². The Balaban J connectivity index is 0.000000805. The van der Waals surface area contributed by atoms with Crippen LogP contribution in [0.15, 0.2) is 91.0 Å². The summed E-state index contributed by atoms with van der Waals surface area (Å²) in [6.07, 6.45) is 2.96. The largest absolute Gasteiger partial charge is 0.481 e. The number of carbonyl (C=O) groups is 7. The van der Waals surface area contributed by atoms with Gasteiger partial charge in [-0.25, -0.2) is 0 Å². The van der Waals surface area contributed by atoms with E-state index in [2.05, 4.69) is 48.9 Å². The van der Waals surface area contributed by atoms with Crippen molar-refractivity contribution in [1.29, 1.82) is 0 Å². The van der Waals surface area contributed by atoms with Gasteiger partial charge in [0.1, 0.15) is 19.8 Å². The number of imide groups is 1. The van der Waals surface area contributed by atoms with Gasteiger partial charge in [-0.2, -0.15) is 0 Å². The molecule has 3 aromatic carbocycles. The molecule has 0 spiro atoms. The minimum atomic E-state index is -1.05. The summed E-state index contributed by atoms with van der Waals surface area (Å²) in [5.74, 6) is -2.91. The predicted molar refractivity (Wildman–Crippen MR) is 253 cm³/mol. The summed E-state index contributed by atoms with van der Waals surface area (Å²) in [5.41, 5.74) is 2.22. The van der Waals surface area contributed by atoms with Gasteiger partial charge in [0.05, 0.1) is 35.3 Å². The molecule has 4 unspecified atom stereocenters. The first kappa shape index (κ1) is 59.1. The van der Waals surface area contributed by atoms with Crippen molar-refractivity contribution in [3.63, 3.8) is 0 Å². The first-order valence-corrected chi connectivity index (χ1v) is 22.5. The number of hydrogen-bond acceptors (Lipinski definition) is 10. The Bertz CT molecular complexity index is 1860. The fourth-order valence-electron chi connectivity index (χ4n) is 4.89. The van der Waals surface area contributed by atoms with Gasteiger partial charge < -0.3 is 24.4 Å². The topological polar surface area (TPSA) is 191 Å². The summed E-state index contributed by atoms with van der Waals surface area (Å²) in [6.45, 7) is 23.1. The molecule has 1 heterocycles. The summed E-state index contributed by atoms with van der Waals surface area (Å²) in [7, 11) is 0. The Labute approximate surface area is 387 Å². The number of amides is 2. The molecule has 0 radical (unpaired) electrons. The summed E-state index contributed by atoms with van der Waals surface area (Å²) in [5, 5.41) is 16.8. The van der Waals surface area contributed by atoms with Crippen molar-refractivity contribution in [3.8, 4) is 0 Å². The highest BCUT2D eigenvalue weighted by Gasteiger charge is 2.42. The highest BCUT2D eigenvalue weighted by Crippen LogP contribution is 2.30. The van der Waals surface area contributed by atoms with Crippen molar-refractivity contribution >= 4 is 47.3 Å². The molecule has 4 rings (SSSR count). The quantitative estimate of drug-likeness (QED) is 0.0565. The van der Waals surface area contributed by atoms with Crippen LogP contribution in [0.4, 0.5) is 5.69 Å². The number of carboxylic acids is 2. The fourth-order valence-corrected chi connectivity index (χ4v) is 4.89. The molecule has 0 aliphatic carbocycles. The fraction of sp³-hybridized carbons (Fsp3) is 0.519. The molecule has 0 bridgehead atoms. The second-order valence-corrected chi connectivity index (χ2v) is 17.1. The number of benzene rings is 3. The molecule has 0 saturated carbocycles. The number of carbonyl (C=O) groups excluding carboxylic acids is 5.